The van der Waals surface area contributed by atoms with Crippen LogP contribution in [-0.4, -0.2) is 72.5 Å². The highest BCUT2D eigenvalue weighted by molar-refractivity contribution is 5.78. The summed E-state index contributed by atoms with van der Waals surface area (Å²) in [6.45, 7) is 8.42. The second kappa shape index (κ2) is 11.7. The van der Waals surface area contributed by atoms with Crippen LogP contribution >= 0.6 is 0 Å². The lowest BCUT2D eigenvalue weighted by Gasteiger charge is -2.48. The first-order chi connectivity index (χ1) is 17.4. The molecule has 1 saturated carbocycles. The van der Waals surface area contributed by atoms with Gasteiger partial charge in [0.15, 0.2) is 0 Å². The molecular formula is C27H39N7O2. The Balaban J connectivity index is 1.52. The van der Waals surface area contributed by atoms with Crippen LogP contribution in [0, 0.1) is 0 Å². The number of aromatic nitrogens is 2. The molecule has 0 bridgehead atoms. The number of hydrogen-bond donors (Lipinski definition) is 2. The average Bonchev–Trinajstić information content (AvgIpc) is 2.85. The van der Waals surface area contributed by atoms with E-state index in [1.807, 2.05) is 11.1 Å². The van der Waals surface area contributed by atoms with Gasteiger partial charge in [-0.3, -0.25) is 14.5 Å². The monoisotopic (exact) mass is 493 g/mol. The minimum Gasteiger partial charge on any atom is -0.369 e. The second-order valence-corrected chi connectivity index (χ2v) is 10.00. The van der Waals surface area contributed by atoms with E-state index >= 15 is 0 Å². The zero-order chi connectivity index (χ0) is 25.5. The van der Waals surface area contributed by atoms with Crippen molar-refractivity contribution in [1.82, 2.24) is 20.2 Å². The summed E-state index contributed by atoms with van der Waals surface area (Å²) in [7, 11) is 2.16. The van der Waals surface area contributed by atoms with E-state index < -0.39 is 0 Å². The molecular weight excluding hydrogens is 454 g/mol. The number of piperazine rings is 1. The van der Waals surface area contributed by atoms with Crippen LogP contribution < -0.4 is 20.4 Å². The summed E-state index contributed by atoms with van der Waals surface area (Å²) < 4.78 is 0. The highest BCUT2D eigenvalue weighted by Gasteiger charge is 2.42. The number of anilines is 4. The van der Waals surface area contributed by atoms with E-state index in [-0.39, 0.29) is 11.4 Å². The van der Waals surface area contributed by atoms with Crippen molar-refractivity contribution < 1.29 is 9.59 Å². The molecule has 0 spiro atoms. The minimum atomic E-state index is -0.177. The molecule has 1 saturated heterocycles. The molecule has 2 aliphatic rings. The fourth-order valence-electron chi connectivity index (χ4n) is 5.07. The van der Waals surface area contributed by atoms with Crippen LogP contribution in [-0.2, 0) is 16.0 Å². The lowest BCUT2D eigenvalue weighted by molar-refractivity contribution is -0.119. The Morgan fingerprint density at radius 3 is 2.47 bits per heavy atom. The Morgan fingerprint density at radius 1 is 1.17 bits per heavy atom. The summed E-state index contributed by atoms with van der Waals surface area (Å²) in [6, 6.07) is 8.36. The van der Waals surface area contributed by atoms with Crippen molar-refractivity contribution in [3.05, 3.63) is 36.0 Å². The molecule has 0 radical (unpaired) electrons. The van der Waals surface area contributed by atoms with Gasteiger partial charge in [-0.25, -0.2) is 4.98 Å². The fraction of sp³-hybridized carbons (Fsp3) is 0.556. The molecule has 36 heavy (non-hydrogen) atoms. The third-order valence-electron chi connectivity index (χ3n) is 7.62. The van der Waals surface area contributed by atoms with Gasteiger partial charge in [0, 0.05) is 68.3 Å². The van der Waals surface area contributed by atoms with Gasteiger partial charge in [0.25, 0.3) is 0 Å². The van der Waals surface area contributed by atoms with E-state index in [9.17, 15) is 9.59 Å². The Labute approximate surface area is 214 Å². The molecule has 9 heteroatoms. The van der Waals surface area contributed by atoms with Crippen LogP contribution in [0.25, 0.3) is 0 Å². The van der Waals surface area contributed by atoms with Crippen molar-refractivity contribution in [2.24, 2.45) is 0 Å². The van der Waals surface area contributed by atoms with Gasteiger partial charge >= 0.3 is 0 Å². The lowest BCUT2D eigenvalue weighted by Crippen LogP contribution is -2.53. The molecule has 2 aromatic rings. The highest BCUT2D eigenvalue weighted by atomic mass is 16.1. The first kappa shape index (κ1) is 25.9. The maximum absolute atomic E-state index is 12.3. The molecule has 1 aliphatic carbocycles. The standard InChI is InChI=1S/C27H39N7O2/c1-4-27(12-6-13-27)34(20-35)25-22(7-5-14-28-21(2)36)19-29-26(31-25)30-23-8-10-24(11-9-23)33-17-15-32(3)16-18-33/h8-11,19-20H,4-7,12-18H2,1-3H3,(H,28,36)(H,29,30,31). The molecule has 194 valence electrons. The minimum absolute atomic E-state index is 0.0430. The van der Waals surface area contributed by atoms with Gasteiger partial charge in [0.2, 0.25) is 18.3 Å². The fourth-order valence-corrected chi connectivity index (χ4v) is 5.07. The summed E-state index contributed by atoms with van der Waals surface area (Å²) in [5.74, 6) is 1.10. The van der Waals surface area contributed by atoms with Crippen LogP contribution in [0.3, 0.4) is 0 Å². The Morgan fingerprint density at radius 2 is 1.89 bits per heavy atom. The summed E-state index contributed by atoms with van der Waals surface area (Å²) in [5.41, 5.74) is 2.86. The number of carbonyl (C=O) groups excluding carboxylic acids is 2. The predicted molar refractivity (Wildman–Crippen MR) is 144 cm³/mol. The number of amides is 2. The Bertz CT molecular complexity index is 1030. The third-order valence-corrected chi connectivity index (χ3v) is 7.62. The number of rotatable bonds is 11. The van der Waals surface area contributed by atoms with E-state index in [4.69, 9.17) is 4.98 Å². The topological polar surface area (TPSA) is 93.7 Å². The van der Waals surface area contributed by atoms with Crippen LogP contribution in [0.2, 0.25) is 0 Å². The first-order valence-electron chi connectivity index (χ1n) is 13.1. The molecule has 4 rings (SSSR count). The molecule has 1 aliphatic heterocycles. The van der Waals surface area contributed by atoms with E-state index in [0.29, 0.717) is 24.7 Å². The number of nitrogens with zero attached hydrogens (tertiary/aromatic N) is 5. The van der Waals surface area contributed by atoms with Gasteiger partial charge in [-0.2, -0.15) is 4.98 Å². The molecule has 0 atom stereocenters. The van der Waals surface area contributed by atoms with E-state index in [2.05, 4.69) is 63.7 Å². The van der Waals surface area contributed by atoms with Gasteiger partial charge in [0.05, 0.1) is 0 Å². The number of hydrogen-bond acceptors (Lipinski definition) is 7. The predicted octanol–water partition coefficient (Wildman–Crippen LogP) is 3.34. The SMILES string of the molecule is CCC1(N(C=O)c2nc(Nc3ccc(N4CCN(C)CC4)cc3)ncc2CCCNC(C)=O)CCC1. The molecule has 2 amide bonds. The molecule has 1 aromatic carbocycles. The van der Waals surface area contributed by atoms with Gasteiger partial charge in [-0.1, -0.05) is 6.92 Å². The van der Waals surface area contributed by atoms with Gasteiger partial charge in [-0.05, 0) is 69.8 Å². The number of benzene rings is 1. The number of nitrogens with one attached hydrogen (secondary N) is 2. The van der Waals surface area contributed by atoms with Crippen molar-refractivity contribution in [3.63, 3.8) is 0 Å². The van der Waals surface area contributed by atoms with Gasteiger partial charge in [-0.15, -0.1) is 0 Å². The summed E-state index contributed by atoms with van der Waals surface area (Å²) >= 11 is 0. The Hall–Kier alpha value is -3.20. The molecule has 9 nitrogen and oxygen atoms in total. The number of carbonyl (C=O) groups is 2. The van der Waals surface area contributed by atoms with Crippen LogP contribution in [0.5, 0.6) is 0 Å². The van der Waals surface area contributed by atoms with Gasteiger partial charge in [0.1, 0.15) is 5.82 Å². The van der Waals surface area contributed by atoms with Crippen LogP contribution in [0.4, 0.5) is 23.1 Å². The maximum Gasteiger partial charge on any atom is 0.229 e. The first-order valence-corrected chi connectivity index (χ1v) is 13.1. The molecule has 0 unspecified atom stereocenters. The summed E-state index contributed by atoms with van der Waals surface area (Å²) in [5, 5.41) is 6.16. The third kappa shape index (κ3) is 5.95. The molecule has 1 aromatic heterocycles. The van der Waals surface area contributed by atoms with E-state index in [0.717, 1.165) is 75.9 Å². The Kier molecular flexibility index (Phi) is 8.40. The molecule has 2 heterocycles. The van der Waals surface area contributed by atoms with Crippen molar-refractivity contribution in [1.29, 1.82) is 0 Å². The second-order valence-electron chi connectivity index (χ2n) is 10.00. The van der Waals surface area contributed by atoms with E-state index in [1.165, 1.54) is 12.6 Å². The summed E-state index contributed by atoms with van der Waals surface area (Å²) in [6.07, 6.45) is 8.14. The largest absolute Gasteiger partial charge is 0.369 e. The number of aryl methyl sites for hydroxylation is 1. The maximum atomic E-state index is 12.3. The lowest BCUT2D eigenvalue weighted by atomic mass is 9.73. The number of likely N-dealkylation sites (N-methyl/N-ethyl adjacent to an activating group) is 1. The van der Waals surface area contributed by atoms with Crippen LogP contribution in [0.15, 0.2) is 30.5 Å². The zero-order valence-corrected chi connectivity index (χ0v) is 21.8. The smallest absolute Gasteiger partial charge is 0.229 e. The summed E-state index contributed by atoms with van der Waals surface area (Å²) in [4.78, 5) is 39.5. The van der Waals surface area contributed by atoms with Gasteiger partial charge < -0.3 is 20.4 Å². The van der Waals surface area contributed by atoms with Crippen molar-refractivity contribution in [3.8, 4) is 0 Å². The van der Waals surface area contributed by atoms with Crippen molar-refractivity contribution in [2.45, 2.75) is 57.9 Å². The molecule has 2 fully saturated rings. The molecule has 2 N–H and O–H groups in total. The normalized spacial score (nSPS) is 17.2. The highest BCUT2D eigenvalue weighted by Crippen LogP contribution is 2.42. The zero-order valence-electron chi connectivity index (χ0n) is 21.8. The quantitative estimate of drug-likeness (QED) is 0.366. The van der Waals surface area contributed by atoms with E-state index in [1.54, 1.807) is 0 Å². The van der Waals surface area contributed by atoms with Crippen molar-refractivity contribution in [2.75, 3.05) is 54.9 Å². The van der Waals surface area contributed by atoms with Crippen molar-refractivity contribution >= 4 is 35.5 Å². The van der Waals surface area contributed by atoms with Crippen LogP contribution in [0.1, 0.15) is 51.5 Å². The average molecular weight is 494 g/mol.